The molecule has 8 nitrogen and oxygen atoms in total. The molecule has 4 N–H and O–H groups in total. The number of non-ortho nitro benzene ring substituents is 1. The number of benzene rings is 2. The molecule has 0 aliphatic carbocycles. The van der Waals surface area contributed by atoms with Gasteiger partial charge >= 0.3 is 0 Å². The smallest absolute Gasteiger partial charge is 0.269 e. The number of carbonyl (C=O) groups excluding carboxylic acids is 1. The van der Waals surface area contributed by atoms with Crippen molar-refractivity contribution in [1.29, 1.82) is 0 Å². The van der Waals surface area contributed by atoms with E-state index in [1.54, 1.807) is 6.20 Å². The highest BCUT2D eigenvalue weighted by Gasteiger charge is 2.23. The number of H-pyrrole nitrogens is 1. The summed E-state index contributed by atoms with van der Waals surface area (Å²) in [6.07, 6.45) is 0.664. The lowest BCUT2D eigenvalue weighted by Gasteiger charge is -2.22. The largest absolute Gasteiger partial charge is 0.394 e. The normalized spacial score (nSPS) is 13.2. The minimum absolute atomic E-state index is 0.0902. The summed E-state index contributed by atoms with van der Waals surface area (Å²) in [5.41, 5.74) is 3.09. The van der Waals surface area contributed by atoms with Crippen LogP contribution < -0.4 is 5.32 Å². The van der Waals surface area contributed by atoms with Gasteiger partial charge in [-0.25, -0.2) is 0 Å². The van der Waals surface area contributed by atoms with E-state index < -0.39 is 23.7 Å². The van der Waals surface area contributed by atoms with Crippen molar-refractivity contribution in [2.45, 2.75) is 25.5 Å². The van der Waals surface area contributed by atoms with E-state index >= 15 is 0 Å². The zero-order valence-corrected chi connectivity index (χ0v) is 15.3. The van der Waals surface area contributed by atoms with Crippen molar-refractivity contribution in [2.75, 3.05) is 6.61 Å². The van der Waals surface area contributed by atoms with Crippen LogP contribution in [0.5, 0.6) is 0 Å². The van der Waals surface area contributed by atoms with Crippen molar-refractivity contribution in [3.8, 4) is 0 Å². The van der Waals surface area contributed by atoms with Gasteiger partial charge in [-0.3, -0.25) is 14.9 Å². The maximum atomic E-state index is 12.5. The maximum absolute atomic E-state index is 12.5. The summed E-state index contributed by atoms with van der Waals surface area (Å²) in [4.78, 5) is 25.8. The number of nitro groups is 1. The van der Waals surface area contributed by atoms with Crippen LogP contribution in [0.2, 0.25) is 0 Å². The monoisotopic (exact) mass is 383 g/mol. The summed E-state index contributed by atoms with van der Waals surface area (Å²) in [7, 11) is 0. The highest BCUT2D eigenvalue weighted by Crippen LogP contribution is 2.22. The number of nitro benzene ring substituents is 1. The van der Waals surface area contributed by atoms with E-state index in [0.29, 0.717) is 5.56 Å². The first-order valence-corrected chi connectivity index (χ1v) is 8.78. The zero-order valence-electron chi connectivity index (χ0n) is 15.3. The van der Waals surface area contributed by atoms with Crippen LogP contribution in [-0.4, -0.2) is 38.7 Å². The van der Waals surface area contributed by atoms with Gasteiger partial charge in [0.15, 0.2) is 0 Å². The van der Waals surface area contributed by atoms with Gasteiger partial charge in [-0.1, -0.05) is 11.6 Å². The second-order valence-electron chi connectivity index (χ2n) is 6.69. The van der Waals surface area contributed by atoms with Crippen LogP contribution in [0, 0.1) is 17.0 Å². The molecule has 0 fully saturated rings. The molecule has 1 aromatic heterocycles. The van der Waals surface area contributed by atoms with Gasteiger partial charge in [-0.05, 0) is 42.3 Å². The molecule has 8 heteroatoms. The van der Waals surface area contributed by atoms with Gasteiger partial charge in [0.1, 0.15) is 6.10 Å². The Kier molecular flexibility index (Phi) is 5.72. The lowest BCUT2D eigenvalue weighted by molar-refractivity contribution is -0.384. The molecular weight excluding hydrogens is 362 g/mol. The Morgan fingerprint density at radius 1 is 1.25 bits per heavy atom. The summed E-state index contributed by atoms with van der Waals surface area (Å²) in [5.74, 6) is -0.345. The van der Waals surface area contributed by atoms with Crippen molar-refractivity contribution < 1.29 is 19.9 Å². The number of aromatic amines is 1. The number of aromatic nitrogens is 1. The molecule has 0 bridgehead atoms. The zero-order chi connectivity index (χ0) is 20.3. The molecule has 1 amide bonds. The van der Waals surface area contributed by atoms with Crippen LogP contribution in [0.3, 0.4) is 0 Å². The number of fused-ring (bicyclic) bond motifs is 1. The van der Waals surface area contributed by atoms with Gasteiger partial charge in [0, 0.05) is 29.2 Å². The fourth-order valence-electron chi connectivity index (χ4n) is 3.12. The van der Waals surface area contributed by atoms with Gasteiger partial charge in [0.2, 0.25) is 5.91 Å². The molecule has 0 spiro atoms. The van der Waals surface area contributed by atoms with E-state index in [1.165, 1.54) is 24.3 Å². The number of hydrogen-bond acceptors (Lipinski definition) is 5. The minimum Gasteiger partial charge on any atom is -0.394 e. The predicted molar refractivity (Wildman–Crippen MR) is 104 cm³/mol. The van der Waals surface area contributed by atoms with Gasteiger partial charge in [-0.15, -0.1) is 0 Å². The summed E-state index contributed by atoms with van der Waals surface area (Å²) < 4.78 is 0. The van der Waals surface area contributed by atoms with Crippen molar-refractivity contribution >= 4 is 22.5 Å². The first kappa shape index (κ1) is 19.5. The number of aliphatic hydroxyl groups is 2. The average molecular weight is 383 g/mol. The molecule has 3 rings (SSSR count). The quantitative estimate of drug-likeness (QED) is 0.367. The van der Waals surface area contributed by atoms with E-state index in [0.717, 1.165) is 22.0 Å². The third-order valence-electron chi connectivity index (χ3n) is 4.64. The van der Waals surface area contributed by atoms with Gasteiger partial charge in [0.25, 0.3) is 5.69 Å². The van der Waals surface area contributed by atoms with Gasteiger partial charge in [0.05, 0.1) is 24.0 Å². The van der Waals surface area contributed by atoms with Crippen LogP contribution >= 0.6 is 0 Å². The van der Waals surface area contributed by atoms with Crippen LogP contribution in [0.1, 0.15) is 22.8 Å². The molecule has 0 aliphatic heterocycles. The standard InChI is InChI=1S/C20H21N3O5/c1-12-2-7-17-16(8-12)14(10-21-17)9-19(25)22-18(11-24)20(26)13-3-5-15(6-4-13)23(27)28/h2-8,10,18,20-21,24,26H,9,11H2,1H3,(H,22,25). The Balaban J connectivity index is 1.70. The second-order valence-corrected chi connectivity index (χ2v) is 6.69. The highest BCUT2D eigenvalue weighted by atomic mass is 16.6. The first-order valence-electron chi connectivity index (χ1n) is 8.78. The molecule has 0 radical (unpaired) electrons. The lowest BCUT2D eigenvalue weighted by atomic mass is 10.0. The van der Waals surface area contributed by atoms with Crippen LogP contribution in [0.25, 0.3) is 10.9 Å². The average Bonchev–Trinajstić information content (AvgIpc) is 3.07. The molecule has 28 heavy (non-hydrogen) atoms. The molecule has 146 valence electrons. The fraction of sp³-hybridized carbons (Fsp3) is 0.250. The number of aryl methyl sites for hydroxylation is 1. The number of hydrogen-bond donors (Lipinski definition) is 4. The van der Waals surface area contributed by atoms with Crippen LogP contribution in [-0.2, 0) is 11.2 Å². The summed E-state index contributed by atoms with van der Waals surface area (Å²) in [6.45, 7) is 1.50. The van der Waals surface area contributed by atoms with Crippen LogP contribution in [0.4, 0.5) is 5.69 Å². The van der Waals surface area contributed by atoms with Crippen molar-refractivity contribution in [1.82, 2.24) is 10.3 Å². The lowest BCUT2D eigenvalue weighted by Crippen LogP contribution is -2.42. The molecule has 3 aromatic rings. The predicted octanol–water partition coefficient (Wildman–Crippen LogP) is 2.14. The molecule has 1 heterocycles. The fourth-order valence-corrected chi connectivity index (χ4v) is 3.12. The number of aliphatic hydroxyl groups excluding tert-OH is 2. The first-order chi connectivity index (χ1) is 13.4. The van der Waals surface area contributed by atoms with Gasteiger partial charge in [-0.2, -0.15) is 0 Å². The number of rotatable bonds is 7. The molecular formula is C20H21N3O5. The summed E-state index contributed by atoms with van der Waals surface area (Å²) in [5, 5.41) is 34.3. The van der Waals surface area contributed by atoms with Crippen molar-refractivity contribution in [2.24, 2.45) is 0 Å². The molecule has 2 aromatic carbocycles. The minimum atomic E-state index is -1.19. The van der Waals surface area contributed by atoms with E-state index in [1.807, 2.05) is 25.1 Å². The van der Waals surface area contributed by atoms with Gasteiger partial charge < -0.3 is 20.5 Å². The van der Waals surface area contributed by atoms with E-state index in [-0.39, 0.29) is 18.0 Å². The SMILES string of the molecule is Cc1ccc2[nH]cc(CC(=O)NC(CO)C(O)c3ccc([N+](=O)[O-])cc3)c2c1. The second kappa shape index (κ2) is 8.20. The Bertz CT molecular complexity index is 997. The topological polar surface area (TPSA) is 128 Å². The molecule has 0 saturated heterocycles. The number of nitrogens with zero attached hydrogens (tertiary/aromatic N) is 1. The molecule has 0 saturated carbocycles. The Labute approximate surface area is 161 Å². The molecule has 0 aliphatic rings. The highest BCUT2D eigenvalue weighted by molar-refractivity contribution is 5.89. The summed E-state index contributed by atoms with van der Waals surface area (Å²) >= 11 is 0. The van der Waals surface area contributed by atoms with Crippen molar-refractivity contribution in [3.63, 3.8) is 0 Å². The van der Waals surface area contributed by atoms with E-state index in [2.05, 4.69) is 10.3 Å². The third-order valence-corrected chi connectivity index (χ3v) is 4.64. The third kappa shape index (κ3) is 4.19. The molecule has 2 unspecified atom stereocenters. The number of carbonyl (C=O) groups is 1. The van der Waals surface area contributed by atoms with E-state index in [9.17, 15) is 25.1 Å². The Morgan fingerprint density at radius 2 is 1.96 bits per heavy atom. The Morgan fingerprint density at radius 3 is 2.61 bits per heavy atom. The van der Waals surface area contributed by atoms with E-state index in [4.69, 9.17) is 0 Å². The Hall–Kier alpha value is -3.23. The molecule has 2 atom stereocenters. The number of amides is 1. The number of nitrogens with one attached hydrogen (secondary N) is 2. The van der Waals surface area contributed by atoms with Crippen molar-refractivity contribution in [3.05, 3.63) is 75.5 Å². The van der Waals surface area contributed by atoms with Crippen LogP contribution in [0.15, 0.2) is 48.7 Å². The maximum Gasteiger partial charge on any atom is 0.269 e. The summed E-state index contributed by atoms with van der Waals surface area (Å²) in [6, 6.07) is 10.3.